The van der Waals surface area contributed by atoms with Gasteiger partial charge < -0.3 is 19.7 Å². The number of nitrogens with zero attached hydrogens (tertiary/aromatic N) is 1. The van der Waals surface area contributed by atoms with Crippen molar-refractivity contribution in [2.45, 2.75) is 56.7 Å². The van der Waals surface area contributed by atoms with Crippen molar-refractivity contribution in [3.05, 3.63) is 35.9 Å². The third-order valence-corrected chi connectivity index (χ3v) is 5.41. The minimum absolute atomic E-state index is 0.144. The number of likely N-dealkylation sites (tertiary alicyclic amines) is 1. The number of hydrogen-bond donors (Lipinski definition) is 1. The van der Waals surface area contributed by atoms with E-state index in [0.29, 0.717) is 25.8 Å². The van der Waals surface area contributed by atoms with E-state index in [1.807, 2.05) is 30.3 Å². The number of hydrogen-bond acceptors (Lipinski definition) is 5. The van der Waals surface area contributed by atoms with Gasteiger partial charge in [-0.1, -0.05) is 43.2 Å². The first-order valence-electron chi connectivity index (χ1n) is 9.43. The van der Waals surface area contributed by atoms with Crippen molar-refractivity contribution >= 4 is 18.0 Å². The molecule has 7 nitrogen and oxygen atoms in total. The Kier molecular flexibility index (Phi) is 5.98. The van der Waals surface area contributed by atoms with Gasteiger partial charge in [0.15, 0.2) is 0 Å². The van der Waals surface area contributed by atoms with Crippen LogP contribution in [0.25, 0.3) is 0 Å². The van der Waals surface area contributed by atoms with Crippen LogP contribution in [-0.4, -0.2) is 48.1 Å². The van der Waals surface area contributed by atoms with Crippen LogP contribution in [0.1, 0.15) is 44.1 Å². The smallest absolute Gasteiger partial charge is 0.408 e. The van der Waals surface area contributed by atoms with Crippen molar-refractivity contribution in [3.8, 4) is 0 Å². The zero-order valence-corrected chi connectivity index (χ0v) is 15.6. The number of alkyl carbamates (subject to hydrolysis) is 1. The highest BCUT2D eigenvalue weighted by Gasteiger charge is 2.48. The molecular weight excluding hydrogens is 348 g/mol. The van der Waals surface area contributed by atoms with Crippen LogP contribution in [0.4, 0.5) is 4.79 Å². The minimum Gasteiger partial charge on any atom is -0.467 e. The number of rotatable bonds is 5. The van der Waals surface area contributed by atoms with E-state index < -0.39 is 23.6 Å². The number of esters is 1. The van der Waals surface area contributed by atoms with E-state index in [9.17, 15) is 14.4 Å². The van der Waals surface area contributed by atoms with Crippen LogP contribution in [0, 0.1) is 0 Å². The van der Waals surface area contributed by atoms with Gasteiger partial charge in [-0.2, -0.15) is 0 Å². The molecule has 27 heavy (non-hydrogen) atoms. The van der Waals surface area contributed by atoms with Crippen LogP contribution in [0.3, 0.4) is 0 Å². The maximum absolute atomic E-state index is 13.3. The van der Waals surface area contributed by atoms with Gasteiger partial charge in [-0.25, -0.2) is 9.59 Å². The lowest BCUT2D eigenvalue weighted by molar-refractivity contribution is -0.153. The quantitative estimate of drug-likeness (QED) is 0.800. The van der Waals surface area contributed by atoms with Gasteiger partial charge in [-0.15, -0.1) is 0 Å². The number of nitrogens with one attached hydrogen (secondary N) is 1. The first-order chi connectivity index (χ1) is 13.1. The van der Waals surface area contributed by atoms with Gasteiger partial charge in [0.05, 0.1) is 7.11 Å². The summed E-state index contributed by atoms with van der Waals surface area (Å²) in [6, 6.07) is 8.81. The third kappa shape index (κ3) is 4.23. The number of ether oxygens (including phenoxy) is 2. The molecule has 0 spiro atoms. The number of amides is 2. The second-order valence-electron chi connectivity index (χ2n) is 7.16. The SMILES string of the molecule is COC(=O)[C@@H]1CCCN1C(=O)C1(NC(=O)OCc2ccccc2)CCCC1. The summed E-state index contributed by atoms with van der Waals surface area (Å²) in [6.45, 7) is 0.645. The first kappa shape index (κ1) is 19.2. The normalized spacial score (nSPS) is 20.9. The van der Waals surface area contributed by atoms with Crippen LogP contribution in [0.2, 0.25) is 0 Å². The van der Waals surface area contributed by atoms with E-state index in [-0.39, 0.29) is 12.5 Å². The summed E-state index contributed by atoms with van der Waals surface area (Å²) in [7, 11) is 1.33. The predicted molar refractivity (Wildman–Crippen MR) is 97.7 cm³/mol. The summed E-state index contributed by atoms with van der Waals surface area (Å²) in [4.78, 5) is 39.2. The number of carbonyl (C=O) groups is 3. The van der Waals surface area contributed by atoms with Crippen molar-refractivity contribution in [2.24, 2.45) is 0 Å². The maximum Gasteiger partial charge on any atom is 0.408 e. The fourth-order valence-electron chi connectivity index (χ4n) is 3.99. The Bertz CT molecular complexity index is 685. The molecule has 3 rings (SSSR count). The Balaban J connectivity index is 1.67. The van der Waals surface area contributed by atoms with E-state index in [0.717, 1.165) is 24.8 Å². The average molecular weight is 374 g/mol. The Morgan fingerprint density at radius 1 is 1.15 bits per heavy atom. The number of methoxy groups -OCH3 is 1. The van der Waals surface area contributed by atoms with Gasteiger partial charge in [-0.05, 0) is 31.2 Å². The van der Waals surface area contributed by atoms with Crippen molar-refractivity contribution in [1.29, 1.82) is 0 Å². The van der Waals surface area contributed by atoms with Crippen LogP contribution < -0.4 is 5.32 Å². The molecule has 146 valence electrons. The second-order valence-corrected chi connectivity index (χ2v) is 7.16. The fraction of sp³-hybridized carbons (Fsp3) is 0.550. The predicted octanol–water partition coefficient (Wildman–Crippen LogP) is 2.39. The molecule has 1 saturated heterocycles. The molecule has 1 aromatic rings. The molecule has 1 aromatic carbocycles. The summed E-state index contributed by atoms with van der Waals surface area (Å²) in [6.07, 6.45) is 3.53. The van der Waals surface area contributed by atoms with E-state index in [4.69, 9.17) is 9.47 Å². The molecule has 0 unspecified atom stereocenters. The third-order valence-electron chi connectivity index (χ3n) is 5.41. The largest absolute Gasteiger partial charge is 0.467 e. The highest BCUT2D eigenvalue weighted by molar-refractivity contribution is 5.93. The number of benzene rings is 1. The molecule has 2 aliphatic rings. The van der Waals surface area contributed by atoms with E-state index >= 15 is 0 Å². The summed E-state index contributed by atoms with van der Waals surface area (Å²) >= 11 is 0. The zero-order chi connectivity index (χ0) is 19.3. The van der Waals surface area contributed by atoms with Crippen molar-refractivity contribution in [1.82, 2.24) is 10.2 Å². The zero-order valence-electron chi connectivity index (χ0n) is 15.6. The molecule has 1 saturated carbocycles. The van der Waals surface area contributed by atoms with Gasteiger partial charge >= 0.3 is 12.1 Å². The lowest BCUT2D eigenvalue weighted by Crippen LogP contribution is -2.60. The monoisotopic (exact) mass is 374 g/mol. The molecule has 2 fully saturated rings. The van der Waals surface area contributed by atoms with Gasteiger partial charge in [0, 0.05) is 6.54 Å². The van der Waals surface area contributed by atoms with Gasteiger partial charge in [0.2, 0.25) is 5.91 Å². The molecule has 1 aliphatic heterocycles. The minimum atomic E-state index is -0.996. The highest BCUT2D eigenvalue weighted by Crippen LogP contribution is 2.34. The van der Waals surface area contributed by atoms with Gasteiger partial charge in [0.1, 0.15) is 18.2 Å². The Hall–Kier alpha value is -2.57. The van der Waals surface area contributed by atoms with Crippen molar-refractivity contribution in [2.75, 3.05) is 13.7 Å². The van der Waals surface area contributed by atoms with Gasteiger partial charge in [0.25, 0.3) is 0 Å². The fourth-order valence-corrected chi connectivity index (χ4v) is 3.99. The topological polar surface area (TPSA) is 84.9 Å². The number of carbonyl (C=O) groups excluding carboxylic acids is 3. The van der Waals surface area contributed by atoms with Crippen LogP contribution in [0.5, 0.6) is 0 Å². The van der Waals surface area contributed by atoms with Crippen molar-refractivity contribution in [3.63, 3.8) is 0 Å². The molecule has 1 atom stereocenters. The van der Waals surface area contributed by atoms with Gasteiger partial charge in [-0.3, -0.25) is 4.79 Å². The second kappa shape index (κ2) is 8.41. The lowest BCUT2D eigenvalue weighted by Gasteiger charge is -2.34. The Labute approximate surface area is 159 Å². The molecule has 7 heteroatoms. The average Bonchev–Trinajstić information content (AvgIpc) is 3.36. The maximum atomic E-state index is 13.3. The molecular formula is C20H26N2O5. The summed E-state index contributed by atoms with van der Waals surface area (Å²) in [5.41, 5.74) is -0.116. The van der Waals surface area contributed by atoms with E-state index in [1.54, 1.807) is 4.90 Å². The Morgan fingerprint density at radius 3 is 2.52 bits per heavy atom. The van der Waals surface area contributed by atoms with E-state index in [1.165, 1.54) is 7.11 Å². The first-order valence-corrected chi connectivity index (χ1v) is 9.43. The van der Waals surface area contributed by atoms with Crippen LogP contribution >= 0.6 is 0 Å². The summed E-state index contributed by atoms with van der Waals surface area (Å²) in [5.74, 6) is -0.606. The Morgan fingerprint density at radius 2 is 1.85 bits per heavy atom. The molecule has 0 radical (unpaired) electrons. The molecule has 1 N–H and O–H groups in total. The molecule has 1 heterocycles. The standard InChI is InChI=1S/C20H26N2O5/c1-26-17(23)16-10-7-13-22(16)18(24)20(11-5-6-12-20)21-19(25)27-14-15-8-3-2-4-9-15/h2-4,8-9,16H,5-7,10-14H2,1H3,(H,21,25)/t16-/m0/s1. The molecule has 0 bridgehead atoms. The summed E-state index contributed by atoms with van der Waals surface area (Å²) < 4.78 is 10.1. The highest BCUT2D eigenvalue weighted by atomic mass is 16.5. The molecule has 2 amide bonds. The lowest BCUT2D eigenvalue weighted by atomic mass is 9.95. The van der Waals surface area contributed by atoms with Crippen molar-refractivity contribution < 1.29 is 23.9 Å². The van der Waals surface area contributed by atoms with Crippen LogP contribution in [0.15, 0.2) is 30.3 Å². The molecule has 1 aliphatic carbocycles. The molecule has 0 aromatic heterocycles. The van der Waals surface area contributed by atoms with E-state index in [2.05, 4.69) is 5.32 Å². The summed E-state index contributed by atoms with van der Waals surface area (Å²) in [5, 5.41) is 2.81. The van der Waals surface area contributed by atoms with Crippen LogP contribution in [-0.2, 0) is 25.7 Å².